The van der Waals surface area contributed by atoms with Crippen molar-refractivity contribution in [3.05, 3.63) is 70.1 Å². The maximum absolute atomic E-state index is 15.0. The standard InChI is InChI=1S/C41H50ClN5O6S/c1-2-9-31(37(49)39(51)43-29-16-17-29)45-38(50)34-22-41(21-33(46-53-41)26-12-8-13-28(42)19-26)24-47(34)40(52)32(44-36(48)18-25-10-4-3-5-11-25)20-27-23-54-35-15-7-6-14-30(27)35/h6-8,12-15,19,23,25,29,31-32,34,37,49H,2-5,9-11,16-18,20-22,24H2,1H3,(H,43,51)(H,44,48)(H,45,50)/t31-,32+,34?,37?,41?/m1/s1. The number of rotatable bonds is 14. The number of amides is 4. The van der Waals surface area contributed by atoms with Gasteiger partial charge in [0.1, 0.15) is 12.1 Å². The Kier molecular flexibility index (Phi) is 11.9. The number of hydrogen-bond donors (Lipinski definition) is 4. The molecule has 5 atom stereocenters. The van der Waals surface area contributed by atoms with E-state index in [0.29, 0.717) is 36.4 Å². The number of carbonyl (C=O) groups is 4. The first-order valence-electron chi connectivity index (χ1n) is 19.5. The van der Waals surface area contributed by atoms with Crippen LogP contribution >= 0.6 is 22.9 Å². The van der Waals surface area contributed by atoms with Gasteiger partial charge in [0.15, 0.2) is 11.7 Å². The molecule has 0 radical (unpaired) electrons. The molecule has 4 aliphatic rings. The normalized spacial score (nSPS) is 23.1. The van der Waals surface area contributed by atoms with Crippen LogP contribution in [-0.2, 0) is 30.4 Å². The molecule has 1 spiro atoms. The maximum atomic E-state index is 15.0. The minimum Gasteiger partial charge on any atom is -0.387 e. The smallest absolute Gasteiger partial charge is 0.251 e. The van der Waals surface area contributed by atoms with Crippen LogP contribution in [0.5, 0.6) is 0 Å². The summed E-state index contributed by atoms with van der Waals surface area (Å²) >= 11 is 7.89. The number of aliphatic hydroxyl groups excluding tert-OH is 1. The third kappa shape index (κ3) is 8.92. The number of hydrogen-bond acceptors (Lipinski definition) is 8. The van der Waals surface area contributed by atoms with Crippen LogP contribution in [0, 0.1) is 5.92 Å². The Morgan fingerprint density at radius 3 is 2.61 bits per heavy atom. The molecule has 54 heavy (non-hydrogen) atoms. The summed E-state index contributed by atoms with van der Waals surface area (Å²) in [7, 11) is 0. The Balaban J connectivity index is 1.17. The van der Waals surface area contributed by atoms with Crippen LogP contribution in [0.1, 0.15) is 95.1 Å². The average molecular weight is 776 g/mol. The fourth-order valence-electron chi connectivity index (χ4n) is 8.27. The Morgan fingerprint density at radius 1 is 1.06 bits per heavy atom. The molecule has 7 rings (SSSR count). The third-order valence-corrected chi connectivity index (χ3v) is 12.5. The summed E-state index contributed by atoms with van der Waals surface area (Å²) in [5.41, 5.74) is 1.38. The van der Waals surface area contributed by atoms with E-state index in [9.17, 15) is 24.3 Å². The molecule has 11 nitrogen and oxygen atoms in total. The topological polar surface area (TPSA) is 149 Å². The van der Waals surface area contributed by atoms with Crippen molar-refractivity contribution in [3.8, 4) is 0 Å². The molecule has 3 fully saturated rings. The largest absolute Gasteiger partial charge is 0.387 e. The summed E-state index contributed by atoms with van der Waals surface area (Å²) in [4.78, 5) is 63.6. The van der Waals surface area contributed by atoms with E-state index in [0.717, 1.165) is 59.7 Å². The summed E-state index contributed by atoms with van der Waals surface area (Å²) in [6, 6.07) is 12.5. The van der Waals surface area contributed by atoms with Crippen molar-refractivity contribution < 1.29 is 29.1 Å². The lowest BCUT2D eigenvalue weighted by Crippen LogP contribution is -2.57. The Hall–Kier alpha value is -4.00. The molecule has 3 aromatic rings. The zero-order chi connectivity index (χ0) is 37.8. The lowest BCUT2D eigenvalue weighted by Gasteiger charge is -2.31. The average Bonchev–Trinajstić information content (AvgIpc) is 3.56. The van der Waals surface area contributed by atoms with E-state index >= 15 is 0 Å². The van der Waals surface area contributed by atoms with Gasteiger partial charge in [-0.15, -0.1) is 11.3 Å². The van der Waals surface area contributed by atoms with Crippen LogP contribution < -0.4 is 16.0 Å². The third-order valence-electron chi connectivity index (χ3n) is 11.3. The zero-order valence-corrected chi connectivity index (χ0v) is 32.3. The van der Waals surface area contributed by atoms with Crippen molar-refractivity contribution in [2.45, 2.75) is 126 Å². The highest BCUT2D eigenvalue weighted by atomic mass is 35.5. The highest BCUT2D eigenvalue weighted by Gasteiger charge is 2.55. The van der Waals surface area contributed by atoms with Gasteiger partial charge in [-0.2, -0.15) is 0 Å². The van der Waals surface area contributed by atoms with Crippen molar-refractivity contribution in [2.24, 2.45) is 11.1 Å². The number of carbonyl (C=O) groups excluding carboxylic acids is 4. The zero-order valence-electron chi connectivity index (χ0n) is 30.7. The van der Waals surface area contributed by atoms with Gasteiger partial charge in [0.2, 0.25) is 17.7 Å². The first-order chi connectivity index (χ1) is 26.1. The highest BCUT2D eigenvalue weighted by molar-refractivity contribution is 7.17. The monoisotopic (exact) mass is 775 g/mol. The molecule has 13 heteroatoms. The fraction of sp³-hybridized carbons (Fsp3) is 0.537. The summed E-state index contributed by atoms with van der Waals surface area (Å²) in [6.07, 6.45) is 7.68. The number of nitrogens with zero attached hydrogens (tertiary/aromatic N) is 2. The second-order valence-electron chi connectivity index (χ2n) is 15.6. The Labute approximate surface area is 325 Å². The second-order valence-corrected chi connectivity index (χ2v) is 17.0. The molecule has 4 amide bonds. The van der Waals surface area contributed by atoms with E-state index in [2.05, 4.69) is 21.1 Å². The summed E-state index contributed by atoms with van der Waals surface area (Å²) in [6.45, 7) is 1.97. The van der Waals surface area contributed by atoms with Crippen molar-refractivity contribution in [3.63, 3.8) is 0 Å². The molecular weight excluding hydrogens is 726 g/mol. The molecule has 0 bridgehead atoms. The van der Waals surface area contributed by atoms with Gasteiger partial charge in [-0.05, 0) is 72.6 Å². The summed E-state index contributed by atoms with van der Waals surface area (Å²) < 4.78 is 1.08. The lowest BCUT2D eigenvalue weighted by molar-refractivity contribution is -0.142. The van der Waals surface area contributed by atoms with Gasteiger partial charge in [-0.1, -0.05) is 79.7 Å². The van der Waals surface area contributed by atoms with Crippen LogP contribution in [0.4, 0.5) is 0 Å². The highest BCUT2D eigenvalue weighted by Crippen LogP contribution is 2.40. The predicted octanol–water partition coefficient (Wildman–Crippen LogP) is 5.64. The van der Waals surface area contributed by atoms with E-state index in [4.69, 9.17) is 16.4 Å². The van der Waals surface area contributed by atoms with Gasteiger partial charge in [0, 0.05) is 47.0 Å². The molecule has 2 aliphatic heterocycles. The van der Waals surface area contributed by atoms with Gasteiger partial charge in [-0.3, -0.25) is 19.2 Å². The Morgan fingerprint density at radius 2 is 1.85 bits per heavy atom. The van der Waals surface area contributed by atoms with E-state index in [1.807, 2.05) is 48.7 Å². The van der Waals surface area contributed by atoms with Gasteiger partial charge < -0.3 is 30.8 Å². The first kappa shape index (κ1) is 38.3. The number of benzene rings is 2. The van der Waals surface area contributed by atoms with Crippen molar-refractivity contribution in [1.29, 1.82) is 0 Å². The molecule has 2 aromatic carbocycles. The van der Waals surface area contributed by atoms with Crippen molar-refractivity contribution >= 4 is 62.4 Å². The second kappa shape index (κ2) is 16.8. The fourth-order valence-corrected chi connectivity index (χ4v) is 9.43. The Bertz CT molecular complexity index is 1890. The minimum atomic E-state index is -1.45. The summed E-state index contributed by atoms with van der Waals surface area (Å²) in [5, 5.41) is 28.0. The first-order valence-corrected chi connectivity index (χ1v) is 20.7. The van der Waals surface area contributed by atoms with Crippen LogP contribution in [0.3, 0.4) is 0 Å². The SMILES string of the molecule is CCC[C@@H](NC(=O)C1CC2(CC(c3cccc(Cl)c3)=NO2)CN1C(=O)[C@H](Cc1csc2ccccc12)NC(=O)CC1CCCCC1)C(O)C(=O)NC1CC1. The van der Waals surface area contributed by atoms with Gasteiger partial charge >= 0.3 is 0 Å². The number of nitrogens with one attached hydrogen (secondary N) is 3. The molecule has 3 heterocycles. The maximum Gasteiger partial charge on any atom is 0.251 e. The number of likely N-dealkylation sites (tertiary alicyclic amines) is 1. The van der Waals surface area contributed by atoms with Crippen LogP contribution in [0.2, 0.25) is 5.02 Å². The predicted molar refractivity (Wildman–Crippen MR) is 209 cm³/mol. The van der Waals surface area contributed by atoms with Crippen molar-refractivity contribution in [2.75, 3.05) is 6.54 Å². The lowest BCUT2D eigenvalue weighted by atomic mass is 9.86. The number of oxime groups is 1. The molecule has 2 saturated carbocycles. The van der Waals surface area contributed by atoms with Gasteiger partial charge in [-0.25, -0.2) is 0 Å². The van der Waals surface area contributed by atoms with E-state index in [1.54, 1.807) is 23.5 Å². The number of fused-ring (bicyclic) bond motifs is 1. The minimum absolute atomic E-state index is 0.0479. The molecular formula is C41H50ClN5O6S. The van der Waals surface area contributed by atoms with Crippen LogP contribution in [0.25, 0.3) is 10.1 Å². The van der Waals surface area contributed by atoms with Gasteiger partial charge in [0.05, 0.1) is 18.3 Å². The molecule has 1 aromatic heterocycles. The van der Waals surface area contributed by atoms with E-state index < -0.39 is 47.6 Å². The number of thiophene rings is 1. The molecule has 1 saturated heterocycles. The quantitative estimate of drug-likeness (QED) is 0.167. The van der Waals surface area contributed by atoms with E-state index in [1.165, 1.54) is 11.3 Å². The van der Waals surface area contributed by atoms with Crippen LogP contribution in [0.15, 0.2) is 59.1 Å². The molecule has 2 aliphatic carbocycles. The van der Waals surface area contributed by atoms with Crippen molar-refractivity contribution in [1.82, 2.24) is 20.9 Å². The molecule has 3 unspecified atom stereocenters. The molecule has 288 valence electrons. The number of halogens is 1. The molecule has 4 N–H and O–H groups in total. The number of aliphatic hydroxyl groups is 1. The van der Waals surface area contributed by atoms with Gasteiger partial charge in [0.25, 0.3) is 5.91 Å². The van der Waals surface area contributed by atoms with Crippen LogP contribution in [-0.4, -0.2) is 81.8 Å². The van der Waals surface area contributed by atoms with E-state index in [-0.39, 0.29) is 37.3 Å². The summed E-state index contributed by atoms with van der Waals surface area (Å²) in [5.74, 6) is -1.30.